The minimum absolute atomic E-state index is 0.478. The Kier molecular flexibility index (Phi) is 6.65. The topological polar surface area (TPSA) is 57.9 Å². The SMILES string of the molecule is N#CC(=CNc1ccc(Oc2ccccc2)cc1)c1nc(-c2ccc(-c3ccccc3)cc2)cs1. The molecule has 5 heteroatoms. The quantitative estimate of drug-likeness (QED) is 0.243. The molecule has 0 fully saturated rings. The van der Waals surface area contributed by atoms with Gasteiger partial charge < -0.3 is 10.1 Å². The lowest BCUT2D eigenvalue weighted by Gasteiger charge is -2.07. The van der Waals surface area contributed by atoms with Crippen LogP contribution in [0.2, 0.25) is 0 Å². The number of nitrogens with zero attached hydrogens (tertiary/aromatic N) is 2. The molecule has 1 N–H and O–H groups in total. The van der Waals surface area contributed by atoms with Gasteiger partial charge in [0.2, 0.25) is 0 Å². The largest absolute Gasteiger partial charge is 0.457 e. The normalized spacial score (nSPS) is 11.0. The first-order valence-corrected chi connectivity index (χ1v) is 12.0. The zero-order chi connectivity index (χ0) is 23.9. The third kappa shape index (κ3) is 5.47. The number of rotatable bonds is 7. The second kappa shape index (κ2) is 10.5. The molecule has 168 valence electrons. The Balaban J connectivity index is 1.26. The van der Waals surface area contributed by atoms with Crippen molar-refractivity contribution < 1.29 is 4.74 Å². The number of thiazole rings is 1. The smallest absolute Gasteiger partial charge is 0.136 e. The lowest BCUT2D eigenvalue weighted by molar-refractivity contribution is 0.483. The monoisotopic (exact) mass is 471 g/mol. The van der Waals surface area contributed by atoms with Crippen molar-refractivity contribution in [3.8, 4) is 40.0 Å². The minimum atomic E-state index is 0.478. The lowest BCUT2D eigenvalue weighted by atomic mass is 10.0. The lowest BCUT2D eigenvalue weighted by Crippen LogP contribution is -1.91. The predicted octanol–water partition coefficient (Wildman–Crippen LogP) is 8.25. The molecule has 0 saturated carbocycles. The van der Waals surface area contributed by atoms with E-state index in [4.69, 9.17) is 9.72 Å². The van der Waals surface area contributed by atoms with Crippen molar-refractivity contribution in [3.63, 3.8) is 0 Å². The molecule has 4 aromatic carbocycles. The Bertz CT molecular complexity index is 1470. The van der Waals surface area contributed by atoms with Gasteiger partial charge in [0, 0.05) is 22.8 Å². The molecule has 0 aliphatic carbocycles. The average Bonchev–Trinajstić information content (AvgIpc) is 3.41. The molecule has 4 nitrogen and oxygen atoms in total. The minimum Gasteiger partial charge on any atom is -0.457 e. The fourth-order valence-electron chi connectivity index (χ4n) is 3.54. The van der Waals surface area contributed by atoms with Gasteiger partial charge in [-0.3, -0.25) is 0 Å². The molecule has 0 atom stereocenters. The summed E-state index contributed by atoms with van der Waals surface area (Å²) in [6, 6.07) is 38.1. The van der Waals surface area contributed by atoms with Crippen molar-refractivity contribution in [3.05, 3.63) is 126 Å². The number of para-hydroxylation sites is 1. The summed E-state index contributed by atoms with van der Waals surface area (Å²) in [7, 11) is 0. The summed E-state index contributed by atoms with van der Waals surface area (Å²) in [6.07, 6.45) is 1.69. The van der Waals surface area contributed by atoms with Crippen molar-refractivity contribution in [1.82, 2.24) is 4.98 Å². The fraction of sp³-hybridized carbons (Fsp3) is 0. The summed E-state index contributed by atoms with van der Waals surface area (Å²) in [5.41, 5.74) is 5.54. The van der Waals surface area contributed by atoms with E-state index in [1.165, 1.54) is 16.9 Å². The van der Waals surface area contributed by atoms with E-state index in [-0.39, 0.29) is 0 Å². The number of nitrogens with one attached hydrogen (secondary N) is 1. The first-order valence-electron chi connectivity index (χ1n) is 11.1. The number of hydrogen-bond donors (Lipinski definition) is 1. The summed E-state index contributed by atoms with van der Waals surface area (Å²) in [6.45, 7) is 0. The third-order valence-electron chi connectivity index (χ3n) is 5.36. The van der Waals surface area contributed by atoms with Crippen LogP contribution in [-0.4, -0.2) is 4.98 Å². The fourth-order valence-corrected chi connectivity index (χ4v) is 4.33. The van der Waals surface area contributed by atoms with E-state index in [2.05, 4.69) is 47.8 Å². The van der Waals surface area contributed by atoms with E-state index in [1.807, 2.05) is 78.2 Å². The maximum absolute atomic E-state index is 9.70. The Labute approximate surface area is 208 Å². The van der Waals surface area contributed by atoms with Crippen LogP contribution in [0.25, 0.3) is 28.0 Å². The molecule has 35 heavy (non-hydrogen) atoms. The van der Waals surface area contributed by atoms with Crippen LogP contribution in [0.15, 0.2) is 121 Å². The van der Waals surface area contributed by atoms with Gasteiger partial charge in [0.05, 0.1) is 5.69 Å². The van der Waals surface area contributed by atoms with E-state index in [0.717, 1.165) is 34.0 Å². The van der Waals surface area contributed by atoms with Crippen LogP contribution in [0.1, 0.15) is 5.01 Å². The van der Waals surface area contributed by atoms with Crippen LogP contribution in [0, 0.1) is 11.3 Å². The molecule has 0 unspecified atom stereocenters. The third-order valence-corrected chi connectivity index (χ3v) is 6.23. The van der Waals surface area contributed by atoms with E-state index in [0.29, 0.717) is 10.6 Å². The van der Waals surface area contributed by atoms with Gasteiger partial charge >= 0.3 is 0 Å². The summed E-state index contributed by atoms with van der Waals surface area (Å²) >= 11 is 1.45. The molecule has 0 amide bonds. The number of anilines is 1. The van der Waals surface area contributed by atoms with Gasteiger partial charge in [0.15, 0.2) is 0 Å². The van der Waals surface area contributed by atoms with Crippen LogP contribution in [-0.2, 0) is 0 Å². The average molecular weight is 472 g/mol. The summed E-state index contributed by atoms with van der Waals surface area (Å²) in [5.74, 6) is 1.53. The Morgan fingerprint density at radius 1 is 0.743 bits per heavy atom. The van der Waals surface area contributed by atoms with Crippen molar-refractivity contribution >= 4 is 22.6 Å². The van der Waals surface area contributed by atoms with Crippen molar-refractivity contribution in [1.29, 1.82) is 5.26 Å². The number of aromatic nitrogens is 1. The van der Waals surface area contributed by atoms with Crippen molar-refractivity contribution in [2.45, 2.75) is 0 Å². The maximum atomic E-state index is 9.70. The van der Waals surface area contributed by atoms with E-state index >= 15 is 0 Å². The standard InChI is InChI=1S/C30H21N3OS/c31-19-25(20-32-26-15-17-28(18-16-26)34-27-9-5-2-6-10-27)30-33-29(21-35-30)24-13-11-23(12-14-24)22-7-3-1-4-8-22/h1-18,20-21,32H. The first-order chi connectivity index (χ1) is 17.3. The van der Waals surface area contributed by atoms with Crippen LogP contribution >= 0.6 is 11.3 Å². The van der Waals surface area contributed by atoms with Gasteiger partial charge in [-0.05, 0) is 47.5 Å². The summed E-state index contributed by atoms with van der Waals surface area (Å²) in [5, 5.41) is 15.5. The van der Waals surface area contributed by atoms with Gasteiger partial charge in [-0.15, -0.1) is 11.3 Å². The van der Waals surface area contributed by atoms with Crippen LogP contribution in [0.5, 0.6) is 11.5 Å². The van der Waals surface area contributed by atoms with E-state index in [1.54, 1.807) is 6.20 Å². The van der Waals surface area contributed by atoms with Gasteiger partial charge in [-0.1, -0.05) is 72.8 Å². The van der Waals surface area contributed by atoms with E-state index < -0.39 is 0 Å². The first kappa shape index (κ1) is 22.1. The van der Waals surface area contributed by atoms with Crippen LogP contribution in [0.4, 0.5) is 5.69 Å². The molecular formula is C30H21N3OS. The highest BCUT2D eigenvalue weighted by molar-refractivity contribution is 7.11. The molecule has 5 rings (SSSR count). The molecule has 0 aliphatic heterocycles. The molecule has 0 bridgehead atoms. The number of hydrogen-bond acceptors (Lipinski definition) is 5. The van der Waals surface area contributed by atoms with Crippen molar-refractivity contribution in [2.24, 2.45) is 0 Å². The zero-order valence-electron chi connectivity index (χ0n) is 18.8. The molecule has 1 aromatic heterocycles. The number of benzene rings is 4. The van der Waals surface area contributed by atoms with Crippen molar-refractivity contribution in [2.75, 3.05) is 5.32 Å². The zero-order valence-corrected chi connectivity index (χ0v) is 19.6. The van der Waals surface area contributed by atoms with E-state index in [9.17, 15) is 5.26 Å². The molecular weight excluding hydrogens is 450 g/mol. The van der Waals surface area contributed by atoms with Gasteiger partial charge in [0.25, 0.3) is 0 Å². The van der Waals surface area contributed by atoms with Gasteiger partial charge in [-0.2, -0.15) is 5.26 Å². The van der Waals surface area contributed by atoms with Crippen LogP contribution in [0.3, 0.4) is 0 Å². The molecule has 1 heterocycles. The highest BCUT2D eigenvalue weighted by atomic mass is 32.1. The number of nitriles is 1. The van der Waals surface area contributed by atoms with Gasteiger partial charge in [0.1, 0.15) is 28.1 Å². The maximum Gasteiger partial charge on any atom is 0.136 e. The molecule has 5 aromatic rings. The molecule has 0 saturated heterocycles. The predicted molar refractivity (Wildman–Crippen MR) is 143 cm³/mol. The molecule has 0 aliphatic rings. The second-order valence-corrected chi connectivity index (χ2v) is 8.59. The Hall–Kier alpha value is -4.66. The second-order valence-electron chi connectivity index (χ2n) is 7.73. The summed E-state index contributed by atoms with van der Waals surface area (Å²) in [4.78, 5) is 4.70. The van der Waals surface area contributed by atoms with Crippen LogP contribution < -0.4 is 10.1 Å². The number of ether oxygens (including phenoxy) is 1. The molecule has 0 spiro atoms. The Morgan fingerprint density at radius 2 is 1.34 bits per heavy atom. The highest BCUT2D eigenvalue weighted by Gasteiger charge is 2.09. The molecule has 0 radical (unpaired) electrons. The Morgan fingerprint density at radius 3 is 2.03 bits per heavy atom. The number of allylic oxidation sites excluding steroid dienone is 1. The van der Waals surface area contributed by atoms with Gasteiger partial charge in [-0.25, -0.2) is 4.98 Å². The summed E-state index contributed by atoms with van der Waals surface area (Å²) < 4.78 is 5.82. The highest BCUT2D eigenvalue weighted by Crippen LogP contribution is 2.29.